The van der Waals surface area contributed by atoms with Crippen molar-refractivity contribution in [2.24, 2.45) is 11.3 Å². The molecule has 0 aromatic rings. The Morgan fingerprint density at radius 3 is 2.31 bits per heavy atom. The largest absolute Gasteiger partial charge is 0.390 e. The summed E-state index contributed by atoms with van der Waals surface area (Å²) in [4.78, 5) is 0. The summed E-state index contributed by atoms with van der Waals surface area (Å²) in [5.41, 5.74) is -0.192. The van der Waals surface area contributed by atoms with Crippen molar-refractivity contribution in [3.8, 4) is 0 Å². The van der Waals surface area contributed by atoms with Gasteiger partial charge in [0.25, 0.3) is 0 Å². The lowest BCUT2D eigenvalue weighted by atomic mass is 9.69. The van der Waals surface area contributed by atoms with Gasteiger partial charge in [-0.2, -0.15) is 0 Å². The lowest BCUT2D eigenvalue weighted by Gasteiger charge is -2.40. The van der Waals surface area contributed by atoms with Crippen LogP contribution >= 0.6 is 0 Å². The van der Waals surface area contributed by atoms with Gasteiger partial charge in [0.1, 0.15) is 0 Å². The van der Waals surface area contributed by atoms with Gasteiger partial charge in [0, 0.05) is 0 Å². The molecule has 2 unspecified atom stereocenters. The van der Waals surface area contributed by atoms with Crippen LogP contribution in [0.4, 0.5) is 0 Å². The summed E-state index contributed by atoms with van der Waals surface area (Å²) in [6.07, 6.45) is 5.95. The van der Waals surface area contributed by atoms with E-state index in [1.807, 2.05) is 6.92 Å². The first-order chi connectivity index (χ1) is 5.84. The smallest absolute Gasteiger partial charge is 0.0652 e. The Morgan fingerprint density at radius 2 is 1.77 bits per heavy atom. The average molecular weight is 184 g/mol. The molecule has 13 heavy (non-hydrogen) atoms. The molecule has 0 spiro atoms. The zero-order chi connectivity index (χ0) is 10.1. The minimum Gasteiger partial charge on any atom is -0.390 e. The van der Waals surface area contributed by atoms with Gasteiger partial charge in [-0.15, -0.1) is 0 Å². The van der Waals surface area contributed by atoms with Gasteiger partial charge in [0.15, 0.2) is 0 Å². The summed E-state index contributed by atoms with van der Waals surface area (Å²) in [5.74, 6) is 0.461. The molecule has 0 aromatic heterocycles. The summed E-state index contributed by atoms with van der Waals surface area (Å²) >= 11 is 0. The third-order valence-corrected chi connectivity index (χ3v) is 3.47. The predicted octanol–water partition coefficient (Wildman–Crippen LogP) is 3.36. The Labute approximate surface area is 82.5 Å². The molecule has 1 fully saturated rings. The van der Waals surface area contributed by atoms with E-state index in [0.29, 0.717) is 5.92 Å². The Balaban J connectivity index is 2.78. The molecule has 0 radical (unpaired) electrons. The fraction of sp³-hybridized carbons (Fsp3) is 1.00. The van der Waals surface area contributed by atoms with Crippen LogP contribution in [-0.2, 0) is 0 Å². The Kier molecular flexibility index (Phi) is 3.06. The lowest BCUT2D eigenvalue weighted by molar-refractivity contribution is -0.0521. The molecule has 1 heteroatoms. The fourth-order valence-electron chi connectivity index (χ4n) is 2.86. The molecule has 1 aliphatic rings. The van der Waals surface area contributed by atoms with Crippen LogP contribution in [0.5, 0.6) is 0 Å². The lowest BCUT2D eigenvalue weighted by Crippen LogP contribution is -2.41. The molecule has 1 N–H and O–H groups in total. The van der Waals surface area contributed by atoms with Crippen LogP contribution in [0.3, 0.4) is 0 Å². The molecule has 0 aromatic carbocycles. The molecule has 2 atom stereocenters. The quantitative estimate of drug-likeness (QED) is 0.572. The fourth-order valence-corrected chi connectivity index (χ4v) is 2.86. The molecule has 0 bridgehead atoms. The highest BCUT2D eigenvalue weighted by Gasteiger charge is 2.39. The topological polar surface area (TPSA) is 20.2 Å². The van der Waals surface area contributed by atoms with Crippen LogP contribution in [0.1, 0.15) is 59.8 Å². The molecule has 0 saturated heterocycles. The van der Waals surface area contributed by atoms with Crippen molar-refractivity contribution in [2.45, 2.75) is 65.4 Å². The van der Waals surface area contributed by atoms with Gasteiger partial charge >= 0.3 is 0 Å². The number of hydrogen-bond donors (Lipinski definition) is 1. The molecule has 78 valence electrons. The standard InChI is InChI=1S/C12H24O/c1-11(2,3)10-8-6-5-7-9-12(10,4)13/h10,13H,5-9H2,1-4H3. The molecule has 0 aliphatic heterocycles. The highest BCUT2D eigenvalue weighted by atomic mass is 16.3. The first kappa shape index (κ1) is 11.0. The van der Waals surface area contributed by atoms with Crippen molar-refractivity contribution in [1.29, 1.82) is 0 Å². The van der Waals surface area contributed by atoms with Crippen molar-refractivity contribution >= 4 is 0 Å². The number of hydrogen-bond acceptors (Lipinski definition) is 1. The van der Waals surface area contributed by atoms with E-state index >= 15 is 0 Å². The van der Waals surface area contributed by atoms with Crippen LogP contribution in [0, 0.1) is 11.3 Å². The van der Waals surface area contributed by atoms with Crippen LogP contribution in [0.25, 0.3) is 0 Å². The second kappa shape index (κ2) is 3.61. The zero-order valence-corrected chi connectivity index (χ0v) is 9.56. The van der Waals surface area contributed by atoms with E-state index in [1.165, 1.54) is 25.7 Å². The maximum absolute atomic E-state index is 10.3. The van der Waals surface area contributed by atoms with E-state index in [2.05, 4.69) is 20.8 Å². The van der Waals surface area contributed by atoms with Gasteiger partial charge < -0.3 is 5.11 Å². The van der Waals surface area contributed by atoms with E-state index in [9.17, 15) is 5.11 Å². The number of rotatable bonds is 0. The van der Waals surface area contributed by atoms with Crippen molar-refractivity contribution in [3.05, 3.63) is 0 Å². The Bertz CT molecular complexity index is 164. The van der Waals surface area contributed by atoms with Crippen molar-refractivity contribution in [1.82, 2.24) is 0 Å². The van der Waals surface area contributed by atoms with Crippen LogP contribution < -0.4 is 0 Å². The summed E-state index contributed by atoms with van der Waals surface area (Å²) in [6, 6.07) is 0. The highest BCUT2D eigenvalue weighted by Crippen LogP contribution is 2.42. The molecular weight excluding hydrogens is 160 g/mol. The summed E-state index contributed by atoms with van der Waals surface area (Å²) in [5, 5.41) is 10.3. The molecule has 1 nitrogen and oxygen atoms in total. The monoisotopic (exact) mass is 184 g/mol. The maximum atomic E-state index is 10.3. The second-order valence-electron chi connectivity index (χ2n) is 5.88. The first-order valence-corrected chi connectivity index (χ1v) is 5.56. The summed E-state index contributed by atoms with van der Waals surface area (Å²) in [7, 11) is 0. The Morgan fingerprint density at radius 1 is 1.15 bits per heavy atom. The molecule has 0 amide bonds. The zero-order valence-electron chi connectivity index (χ0n) is 9.56. The van der Waals surface area contributed by atoms with Gasteiger partial charge in [0.2, 0.25) is 0 Å². The van der Waals surface area contributed by atoms with Crippen molar-refractivity contribution in [2.75, 3.05) is 0 Å². The average Bonchev–Trinajstić information content (AvgIpc) is 2.07. The van der Waals surface area contributed by atoms with Gasteiger partial charge in [-0.3, -0.25) is 0 Å². The van der Waals surface area contributed by atoms with Gasteiger partial charge in [-0.05, 0) is 31.1 Å². The molecule has 1 aliphatic carbocycles. The predicted molar refractivity (Wildman–Crippen MR) is 56.7 cm³/mol. The summed E-state index contributed by atoms with van der Waals surface area (Å²) < 4.78 is 0. The van der Waals surface area contributed by atoms with Crippen LogP contribution in [0.15, 0.2) is 0 Å². The van der Waals surface area contributed by atoms with E-state index in [1.54, 1.807) is 0 Å². The molecule has 1 saturated carbocycles. The molecule has 1 rings (SSSR count). The second-order valence-corrected chi connectivity index (χ2v) is 5.88. The molecule has 0 heterocycles. The minimum atomic E-state index is -0.436. The van der Waals surface area contributed by atoms with E-state index in [4.69, 9.17) is 0 Å². The Hall–Kier alpha value is -0.0400. The van der Waals surface area contributed by atoms with Crippen LogP contribution in [-0.4, -0.2) is 10.7 Å². The van der Waals surface area contributed by atoms with Crippen molar-refractivity contribution < 1.29 is 5.11 Å². The van der Waals surface area contributed by atoms with E-state index in [0.717, 1.165) is 6.42 Å². The maximum Gasteiger partial charge on any atom is 0.0652 e. The van der Waals surface area contributed by atoms with Gasteiger partial charge in [-0.25, -0.2) is 0 Å². The van der Waals surface area contributed by atoms with Gasteiger partial charge in [0.05, 0.1) is 5.60 Å². The van der Waals surface area contributed by atoms with E-state index in [-0.39, 0.29) is 5.41 Å². The molecular formula is C12H24O. The number of aliphatic hydroxyl groups is 1. The summed E-state index contributed by atoms with van der Waals surface area (Å²) in [6.45, 7) is 8.76. The van der Waals surface area contributed by atoms with E-state index < -0.39 is 5.60 Å². The SMILES string of the molecule is CC(C)(C)C1CCCCCC1(C)O. The third-order valence-electron chi connectivity index (χ3n) is 3.47. The third kappa shape index (κ3) is 2.70. The van der Waals surface area contributed by atoms with Gasteiger partial charge in [-0.1, -0.05) is 40.0 Å². The highest BCUT2D eigenvalue weighted by molar-refractivity contribution is 4.91. The van der Waals surface area contributed by atoms with Crippen LogP contribution in [0.2, 0.25) is 0 Å². The van der Waals surface area contributed by atoms with Crippen molar-refractivity contribution in [3.63, 3.8) is 0 Å². The normalized spacial score (nSPS) is 37.2. The minimum absolute atomic E-state index is 0.244. The first-order valence-electron chi connectivity index (χ1n) is 5.56.